The van der Waals surface area contributed by atoms with Gasteiger partial charge in [0, 0.05) is 16.8 Å². The number of hydrogen-bond donors (Lipinski definition) is 2. The molecule has 0 saturated heterocycles. The van der Waals surface area contributed by atoms with E-state index in [1.54, 1.807) is 0 Å². The molecule has 7 heteroatoms. The van der Waals surface area contributed by atoms with Crippen molar-refractivity contribution >= 4 is 29.0 Å². The molecule has 1 aromatic carbocycles. The van der Waals surface area contributed by atoms with Crippen LogP contribution in [0.2, 0.25) is 5.15 Å². The second-order valence-corrected chi connectivity index (χ2v) is 4.25. The molecule has 0 bridgehead atoms. The minimum Gasteiger partial charge on any atom is -0.398 e. The van der Waals surface area contributed by atoms with E-state index < -0.39 is 11.7 Å². The first-order chi connectivity index (χ1) is 8.97. The number of anilines is 2. The molecular formula is C12H10ClFN4O. The third-order valence-corrected chi connectivity index (χ3v) is 2.72. The Morgan fingerprint density at radius 1 is 1.37 bits per heavy atom. The number of amides is 1. The molecule has 1 aromatic heterocycles. The number of nitrogens with two attached hydrogens (primary N) is 1. The fourth-order valence-electron chi connectivity index (χ4n) is 1.40. The minimum absolute atomic E-state index is 0.109. The second kappa shape index (κ2) is 5.19. The summed E-state index contributed by atoms with van der Waals surface area (Å²) in [5, 5.41) is 9.92. The Kier molecular flexibility index (Phi) is 3.62. The van der Waals surface area contributed by atoms with E-state index in [2.05, 4.69) is 15.5 Å². The van der Waals surface area contributed by atoms with Crippen molar-refractivity contribution in [3.05, 3.63) is 46.4 Å². The number of halogens is 2. The summed E-state index contributed by atoms with van der Waals surface area (Å²) in [5.41, 5.74) is 6.24. The van der Waals surface area contributed by atoms with Crippen molar-refractivity contribution in [2.24, 2.45) is 0 Å². The van der Waals surface area contributed by atoms with Crippen LogP contribution >= 0.6 is 11.6 Å². The van der Waals surface area contributed by atoms with Crippen molar-refractivity contribution in [3.63, 3.8) is 0 Å². The number of nitrogen functional groups attached to an aromatic ring is 1. The molecule has 1 heterocycles. The van der Waals surface area contributed by atoms with Gasteiger partial charge in [-0.15, -0.1) is 10.2 Å². The zero-order valence-electron chi connectivity index (χ0n) is 9.95. The Balaban J connectivity index is 2.23. The highest BCUT2D eigenvalue weighted by atomic mass is 35.5. The molecule has 2 rings (SSSR count). The lowest BCUT2D eigenvalue weighted by atomic mass is 10.1. The van der Waals surface area contributed by atoms with Crippen LogP contribution < -0.4 is 11.1 Å². The van der Waals surface area contributed by atoms with Crippen molar-refractivity contribution in [2.75, 3.05) is 11.1 Å². The maximum Gasteiger partial charge on any atom is 0.257 e. The van der Waals surface area contributed by atoms with E-state index in [1.165, 1.54) is 25.1 Å². The van der Waals surface area contributed by atoms with E-state index in [4.69, 9.17) is 17.3 Å². The van der Waals surface area contributed by atoms with Gasteiger partial charge in [0.15, 0.2) is 11.0 Å². The van der Waals surface area contributed by atoms with E-state index in [9.17, 15) is 9.18 Å². The highest BCUT2D eigenvalue weighted by Crippen LogP contribution is 2.18. The van der Waals surface area contributed by atoms with E-state index in [-0.39, 0.29) is 22.2 Å². The quantitative estimate of drug-likeness (QED) is 0.828. The zero-order valence-corrected chi connectivity index (χ0v) is 10.7. The Bertz CT molecular complexity index is 607. The zero-order chi connectivity index (χ0) is 14.0. The molecule has 19 heavy (non-hydrogen) atoms. The molecule has 0 aliphatic rings. The standard InChI is InChI=1S/C12H10ClFN4O/c1-6-8(14)4-7(5-9(6)15)12(19)16-11-3-2-10(13)17-18-11/h2-5H,15H2,1H3,(H,16,18,19). The van der Waals surface area contributed by atoms with Crippen LogP contribution in [0.15, 0.2) is 24.3 Å². The molecular weight excluding hydrogens is 271 g/mol. The average molecular weight is 281 g/mol. The molecule has 0 unspecified atom stereocenters. The Hall–Kier alpha value is -2.21. The highest BCUT2D eigenvalue weighted by Gasteiger charge is 2.12. The van der Waals surface area contributed by atoms with Crippen molar-refractivity contribution in [2.45, 2.75) is 6.92 Å². The van der Waals surface area contributed by atoms with Gasteiger partial charge < -0.3 is 11.1 Å². The number of carbonyl (C=O) groups is 1. The van der Waals surface area contributed by atoms with Gasteiger partial charge in [-0.2, -0.15) is 0 Å². The van der Waals surface area contributed by atoms with Crippen LogP contribution in [0.3, 0.4) is 0 Å². The summed E-state index contributed by atoms with van der Waals surface area (Å²) in [6.07, 6.45) is 0. The molecule has 3 N–H and O–H groups in total. The fraction of sp³-hybridized carbons (Fsp3) is 0.0833. The van der Waals surface area contributed by atoms with Crippen LogP contribution in [0.4, 0.5) is 15.9 Å². The SMILES string of the molecule is Cc1c(N)cc(C(=O)Nc2ccc(Cl)nn2)cc1F. The number of hydrogen-bond acceptors (Lipinski definition) is 4. The van der Waals surface area contributed by atoms with Crippen LogP contribution in [-0.2, 0) is 0 Å². The van der Waals surface area contributed by atoms with Gasteiger partial charge in [-0.3, -0.25) is 4.79 Å². The maximum atomic E-state index is 13.5. The van der Waals surface area contributed by atoms with Crippen LogP contribution in [0.25, 0.3) is 0 Å². The molecule has 0 atom stereocenters. The van der Waals surface area contributed by atoms with Gasteiger partial charge in [-0.25, -0.2) is 4.39 Å². The maximum absolute atomic E-state index is 13.5. The molecule has 0 saturated carbocycles. The smallest absolute Gasteiger partial charge is 0.257 e. The van der Waals surface area contributed by atoms with Crippen molar-refractivity contribution in [1.82, 2.24) is 10.2 Å². The summed E-state index contributed by atoms with van der Waals surface area (Å²) in [6, 6.07) is 5.48. The lowest BCUT2D eigenvalue weighted by Crippen LogP contribution is -2.14. The molecule has 0 fully saturated rings. The van der Waals surface area contributed by atoms with E-state index in [0.717, 1.165) is 6.07 Å². The average Bonchev–Trinajstić information content (AvgIpc) is 2.38. The molecule has 0 aliphatic carbocycles. The first-order valence-electron chi connectivity index (χ1n) is 5.33. The Morgan fingerprint density at radius 3 is 2.68 bits per heavy atom. The van der Waals surface area contributed by atoms with Gasteiger partial charge in [0.05, 0.1) is 0 Å². The molecule has 0 radical (unpaired) electrons. The van der Waals surface area contributed by atoms with Gasteiger partial charge in [0.1, 0.15) is 5.82 Å². The van der Waals surface area contributed by atoms with Crippen molar-refractivity contribution < 1.29 is 9.18 Å². The topological polar surface area (TPSA) is 80.9 Å². The number of nitrogens with one attached hydrogen (secondary N) is 1. The number of carbonyl (C=O) groups excluding carboxylic acids is 1. The van der Waals surface area contributed by atoms with Gasteiger partial charge in [-0.05, 0) is 31.2 Å². The summed E-state index contributed by atoms with van der Waals surface area (Å²) in [6.45, 7) is 1.54. The van der Waals surface area contributed by atoms with E-state index in [0.29, 0.717) is 5.56 Å². The van der Waals surface area contributed by atoms with E-state index in [1.807, 2.05) is 0 Å². The molecule has 98 valence electrons. The van der Waals surface area contributed by atoms with Gasteiger partial charge in [0.25, 0.3) is 5.91 Å². The second-order valence-electron chi connectivity index (χ2n) is 3.87. The number of nitrogens with zero attached hydrogens (tertiary/aromatic N) is 2. The predicted molar refractivity (Wildman–Crippen MR) is 70.5 cm³/mol. The largest absolute Gasteiger partial charge is 0.398 e. The van der Waals surface area contributed by atoms with Crippen molar-refractivity contribution in [3.8, 4) is 0 Å². The van der Waals surface area contributed by atoms with Crippen molar-refractivity contribution in [1.29, 1.82) is 0 Å². The summed E-state index contributed by atoms with van der Waals surface area (Å²) in [4.78, 5) is 11.9. The third-order valence-electron chi connectivity index (χ3n) is 2.52. The number of benzene rings is 1. The summed E-state index contributed by atoms with van der Waals surface area (Å²) in [7, 11) is 0. The lowest BCUT2D eigenvalue weighted by molar-refractivity contribution is 0.102. The molecule has 0 spiro atoms. The van der Waals surface area contributed by atoms with Gasteiger partial charge >= 0.3 is 0 Å². The molecule has 5 nitrogen and oxygen atoms in total. The fourth-order valence-corrected chi connectivity index (χ4v) is 1.50. The summed E-state index contributed by atoms with van der Waals surface area (Å²) in [5.74, 6) is -0.844. The summed E-state index contributed by atoms with van der Waals surface area (Å²) >= 11 is 5.57. The number of aromatic nitrogens is 2. The van der Waals surface area contributed by atoms with Crippen LogP contribution in [0, 0.1) is 12.7 Å². The van der Waals surface area contributed by atoms with Crippen LogP contribution in [0.1, 0.15) is 15.9 Å². The molecule has 0 aliphatic heterocycles. The van der Waals surface area contributed by atoms with Crippen LogP contribution in [-0.4, -0.2) is 16.1 Å². The Labute approximate surface area is 113 Å². The van der Waals surface area contributed by atoms with Gasteiger partial charge in [0.2, 0.25) is 0 Å². The van der Waals surface area contributed by atoms with Gasteiger partial charge in [-0.1, -0.05) is 11.6 Å². The van der Waals surface area contributed by atoms with Crippen LogP contribution in [0.5, 0.6) is 0 Å². The monoisotopic (exact) mass is 280 g/mol. The Morgan fingerprint density at radius 2 is 2.11 bits per heavy atom. The third kappa shape index (κ3) is 2.97. The summed E-state index contributed by atoms with van der Waals surface area (Å²) < 4.78 is 13.5. The highest BCUT2D eigenvalue weighted by molar-refractivity contribution is 6.29. The first-order valence-corrected chi connectivity index (χ1v) is 5.71. The predicted octanol–water partition coefficient (Wildman–Crippen LogP) is 2.41. The lowest BCUT2D eigenvalue weighted by Gasteiger charge is -2.07. The molecule has 2 aromatic rings. The first kappa shape index (κ1) is 13.2. The number of rotatable bonds is 2. The normalized spacial score (nSPS) is 10.3. The van der Waals surface area contributed by atoms with E-state index >= 15 is 0 Å². The minimum atomic E-state index is -0.535. The molecule has 1 amide bonds.